The summed E-state index contributed by atoms with van der Waals surface area (Å²) in [5.41, 5.74) is 0.560. The lowest BCUT2D eigenvalue weighted by molar-refractivity contribution is 0.0735. The maximum absolute atomic E-state index is 9.89. The van der Waals surface area contributed by atoms with Crippen molar-refractivity contribution >= 4 is 0 Å². The van der Waals surface area contributed by atoms with E-state index in [4.69, 9.17) is 0 Å². The summed E-state index contributed by atoms with van der Waals surface area (Å²) in [5, 5.41) is 9.89. The molecular weight excluding hydrogens is 210 g/mol. The van der Waals surface area contributed by atoms with E-state index >= 15 is 0 Å². The normalized spacial score (nSPS) is 34.4. The van der Waals surface area contributed by atoms with E-state index in [-0.39, 0.29) is 6.10 Å². The number of nitrogens with zero attached hydrogens (tertiary/aromatic N) is 1. The second-order valence-corrected chi connectivity index (χ2v) is 7.09. The summed E-state index contributed by atoms with van der Waals surface area (Å²) < 4.78 is 0. The van der Waals surface area contributed by atoms with Gasteiger partial charge in [-0.2, -0.15) is 0 Å². The second-order valence-electron chi connectivity index (χ2n) is 7.09. The first-order valence-corrected chi connectivity index (χ1v) is 7.36. The van der Waals surface area contributed by atoms with Crippen molar-refractivity contribution in [1.82, 2.24) is 4.90 Å². The summed E-state index contributed by atoms with van der Waals surface area (Å²) in [6.07, 6.45) is 8.83. The zero-order valence-electron chi connectivity index (χ0n) is 11.8. The molecule has 2 unspecified atom stereocenters. The molecule has 2 fully saturated rings. The van der Waals surface area contributed by atoms with E-state index in [1.807, 2.05) is 0 Å². The maximum Gasteiger partial charge on any atom is 0.0580 e. The quantitative estimate of drug-likeness (QED) is 0.818. The molecule has 0 spiro atoms. The third-order valence-electron chi connectivity index (χ3n) is 5.07. The minimum Gasteiger partial charge on any atom is -0.393 e. The van der Waals surface area contributed by atoms with Gasteiger partial charge in [0, 0.05) is 12.6 Å². The molecule has 0 saturated heterocycles. The Morgan fingerprint density at radius 1 is 1.12 bits per heavy atom. The summed E-state index contributed by atoms with van der Waals surface area (Å²) in [4.78, 5) is 2.52. The average molecular weight is 239 g/mol. The average Bonchev–Trinajstić information content (AvgIpc) is 2.64. The smallest absolute Gasteiger partial charge is 0.0580 e. The van der Waals surface area contributed by atoms with Crippen LogP contribution in [-0.4, -0.2) is 35.7 Å². The Balaban J connectivity index is 1.78. The van der Waals surface area contributed by atoms with Gasteiger partial charge in [-0.15, -0.1) is 0 Å². The van der Waals surface area contributed by atoms with Crippen molar-refractivity contribution in [3.8, 4) is 0 Å². The van der Waals surface area contributed by atoms with Crippen molar-refractivity contribution in [2.24, 2.45) is 11.3 Å². The highest BCUT2D eigenvalue weighted by atomic mass is 16.3. The molecular formula is C15H29NO. The van der Waals surface area contributed by atoms with E-state index in [0.717, 1.165) is 19.0 Å². The van der Waals surface area contributed by atoms with Crippen molar-refractivity contribution in [3.63, 3.8) is 0 Å². The van der Waals surface area contributed by atoms with Crippen LogP contribution in [0, 0.1) is 11.3 Å². The summed E-state index contributed by atoms with van der Waals surface area (Å²) in [5.74, 6) is 0.537. The zero-order valence-corrected chi connectivity index (χ0v) is 11.8. The van der Waals surface area contributed by atoms with Crippen molar-refractivity contribution < 1.29 is 5.11 Å². The van der Waals surface area contributed by atoms with Crippen LogP contribution in [-0.2, 0) is 0 Å². The zero-order chi connectivity index (χ0) is 12.5. The van der Waals surface area contributed by atoms with Gasteiger partial charge in [0.25, 0.3) is 0 Å². The lowest BCUT2D eigenvalue weighted by Crippen LogP contribution is -2.40. The molecule has 1 N–H and O–H groups in total. The van der Waals surface area contributed by atoms with Crippen LogP contribution in [0.2, 0.25) is 0 Å². The number of hydrogen-bond acceptors (Lipinski definition) is 2. The Morgan fingerprint density at radius 2 is 1.76 bits per heavy atom. The highest BCUT2D eigenvalue weighted by Gasteiger charge is 2.32. The number of hydrogen-bond donors (Lipinski definition) is 1. The van der Waals surface area contributed by atoms with Gasteiger partial charge in [0.2, 0.25) is 0 Å². The van der Waals surface area contributed by atoms with Gasteiger partial charge in [0.1, 0.15) is 0 Å². The summed E-state index contributed by atoms with van der Waals surface area (Å²) in [6, 6.07) is 0.760. The monoisotopic (exact) mass is 239 g/mol. The molecule has 0 bridgehead atoms. The Bertz CT molecular complexity index is 241. The first kappa shape index (κ1) is 13.4. The van der Waals surface area contributed by atoms with Gasteiger partial charge in [-0.1, -0.05) is 20.3 Å². The Morgan fingerprint density at radius 3 is 2.29 bits per heavy atom. The van der Waals surface area contributed by atoms with Crippen LogP contribution in [0.3, 0.4) is 0 Å². The first-order chi connectivity index (χ1) is 7.98. The lowest BCUT2D eigenvalue weighted by atomic mass is 9.75. The Kier molecular flexibility index (Phi) is 4.14. The molecule has 2 atom stereocenters. The van der Waals surface area contributed by atoms with Gasteiger partial charge in [0.15, 0.2) is 0 Å². The summed E-state index contributed by atoms with van der Waals surface area (Å²) in [6.45, 7) is 5.89. The minimum absolute atomic E-state index is 0.0301. The van der Waals surface area contributed by atoms with Gasteiger partial charge in [-0.05, 0) is 56.9 Å². The standard InChI is InChI=1S/C15H29NO/c1-15(2)9-7-13(8-10-15)16(3)11-12-5-4-6-14(12)17/h12-14,17H,4-11H2,1-3H3. The van der Waals surface area contributed by atoms with Gasteiger partial charge in [-0.3, -0.25) is 0 Å². The minimum atomic E-state index is -0.0301. The van der Waals surface area contributed by atoms with Crippen LogP contribution in [0.4, 0.5) is 0 Å². The van der Waals surface area contributed by atoms with Crippen molar-refractivity contribution in [1.29, 1.82) is 0 Å². The predicted octanol–water partition coefficient (Wildman–Crippen LogP) is 3.05. The molecule has 0 heterocycles. The number of aliphatic hydroxyl groups is 1. The second kappa shape index (κ2) is 5.27. The summed E-state index contributed by atoms with van der Waals surface area (Å²) >= 11 is 0. The van der Waals surface area contributed by atoms with E-state index in [1.54, 1.807) is 0 Å². The van der Waals surface area contributed by atoms with Crippen LogP contribution in [0.1, 0.15) is 58.8 Å². The third kappa shape index (κ3) is 3.45. The molecule has 0 aromatic heterocycles. The molecule has 2 rings (SSSR count). The molecule has 100 valence electrons. The van der Waals surface area contributed by atoms with Crippen LogP contribution >= 0.6 is 0 Å². The van der Waals surface area contributed by atoms with Gasteiger partial charge < -0.3 is 10.0 Å². The molecule has 2 aliphatic carbocycles. The molecule has 0 radical (unpaired) electrons. The first-order valence-electron chi connectivity index (χ1n) is 7.36. The highest BCUT2D eigenvalue weighted by molar-refractivity contribution is 4.85. The lowest BCUT2D eigenvalue weighted by Gasteiger charge is -2.39. The molecule has 0 aromatic rings. The van der Waals surface area contributed by atoms with Crippen molar-refractivity contribution in [2.45, 2.75) is 70.9 Å². The number of rotatable bonds is 3. The van der Waals surface area contributed by atoms with Gasteiger partial charge >= 0.3 is 0 Å². The van der Waals surface area contributed by atoms with Crippen molar-refractivity contribution in [2.75, 3.05) is 13.6 Å². The van der Waals surface area contributed by atoms with Gasteiger partial charge in [-0.25, -0.2) is 0 Å². The molecule has 2 aliphatic rings. The molecule has 0 amide bonds. The fourth-order valence-corrected chi connectivity index (χ4v) is 3.57. The fourth-order valence-electron chi connectivity index (χ4n) is 3.57. The number of aliphatic hydroxyl groups excluding tert-OH is 1. The highest BCUT2D eigenvalue weighted by Crippen LogP contribution is 2.37. The van der Waals surface area contributed by atoms with E-state index in [1.165, 1.54) is 38.5 Å². The fraction of sp³-hybridized carbons (Fsp3) is 1.00. The molecule has 0 aliphatic heterocycles. The predicted molar refractivity (Wildman–Crippen MR) is 72.0 cm³/mol. The summed E-state index contributed by atoms with van der Waals surface area (Å²) in [7, 11) is 2.26. The topological polar surface area (TPSA) is 23.5 Å². The van der Waals surface area contributed by atoms with Crippen molar-refractivity contribution in [3.05, 3.63) is 0 Å². The van der Waals surface area contributed by atoms with Crippen LogP contribution < -0.4 is 0 Å². The molecule has 17 heavy (non-hydrogen) atoms. The Labute approximate surface area is 106 Å². The van der Waals surface area contributed by atoms with E-state index in [2.05, 4.69) is 25.8 Å². The largest absolute Gasteiger partial charge is 0.393 e. The van der Waals surface area contributed by atoms with Crippen LogP contribution in [0.5, 0.6) is 0 Å². The SMILES string of the molecule is CN(CC1CCCC1O)C1CCC(C)(C)CC1. The van der Waals surface area contributed by atoms with E-state index < -0.39 is 0 Å². The molecule has 2 nitrogen and oxygen atoms in total. The molecule has 2 saturated carbocycles. The molecule has 0 aromatic carbocycles. The Hall–Kier alpha value is -0.0800. The third-order valence-corrected chi connectivity index (χ3v) is 5.07. The van der Waals surface area contributed by atoms with E-state index in [0.29, 0.717) is 11.3 Å². The van der Waals surface area contributed by atoms with Crippen LogP contribution in [0.15, 0.2) is 0 Å². The maximum atomic E-state index is 9.89. The molecule has 2 heteroatoms. The van der Waals surface area contributed by atoms with Gasteiger partial charge in [0.05, 0.1) is 6.10 Å². The van der Waals surface area contributed by atoms with Crippen LogP contribution in [0.25, 0.3) is 0 Å². The van der Waals surface area contributed by atoms with E-state index in [9.17, 15) is 5.11 Å².